The van der Waals surface area contributed by atoms with Crippen molar-refractivity contribution in [3.8, 4) is 10.6 Å². The summed E-state index contributed by atoms with van der Waals surface area (Å²) in [6.07, 6.45) is 3.50. The zero-order valence-electron chi connectivity index (χ0n) is 8.66. The van der Waals surface area contributed by atoms with Crippen LogP contribution in [0.5, 0.6) is 0 Å². The van der Waals surface area contributed by atoms with Gasteiger partial charge in [0.15, 0.2) is 0 Å². The Kier molecular flexibility index (Phi) is 2.37. The highest BCUT2D eigenvalue weighted by Crippen LogP contribution is 2.37. The summed E-state index contributed by atoms with van der Waals surface area (Å²) in [6, 6.07) is 5.54. The Hall–Kier alpha value is -1.06. The minimum Gasteiger partial charge on any atom is -0.399 e. The van der Waals surface area contributed by atoms with Crippen molar-refractivity contribution < 1.29 is 0 Å². The molecule has 1 aliphatic rings. The molecule has 2 nitrogen and oxygen atoms in total. The summed E-state index contributed by atoms with van der Waals surface area (Å²) >= 11 is 7.91. The fourth-order valence-electron chi connectivity index (χ4n) is 2.01. The predicted molar refractivity (Wildman–Crippen MR) is 69.0 cm³/mol. The lowest BCUT2D eigenvalue weighted by Gasteiger charge is -2.01. The van der Waals surface area contributed by atoms with Crippen molar-refractivity contribution in [2.24, 2.45) is 0 Å². The smallest absolute Gasteiger partial charge is 0.125 e. The van der Waals surface area contributed by atoms with Crippen molar-refractivity contribution in [3.05, 3.63) is 33.8 Å². The summed E-state index contributed by atoms with van der Waals surface area (Å²) in [5.41, 5.74) is 8.71. The summed E-state index contributed by atoms with van der Waals surface area (Å²) in [5, 5.41) is 1.73. The molecule has 3 rings (SSSR count). The first-order chi connectivity index (χ1) is 7.74. The van der Waals surface area contributed by atoms with Crippen LogP contribution in [-0.2, 0) is 12.8 Å². The van der Waals surface area contributed by atoms with Gasteiger partial charge in [-0.05, 0) is 37.5 Å². The van der Waals surface area contributed by atoms with Gasteiger partial charge in [0.05, 0.1) is 10.7 Å². The third-order valence-corrected chi connectivity index (χ3v) is 4.34. The molecule has 1 aromatic heterocycles. The first-order valence-electron chi connectivity index (χ1n) is 5.28. The van der Waals surface area contributed by atoms with Gasteiger partial charge < -0.3 is 5.73 Å². The number of hydrogen-bond donors (Lipinski definition) is 1. The van der Waals surface area contributed by atoms with Crippen LogP contribution in [0, 0.1) is 0 Å². The maximum absolute atomic E-state index is 6.16. The fourth-order valence-corrected chi connectivity index (χ4v) is 3.46. The van der Waals surface area contributed by atoms with Gasteiger partial charge in [-0.15, -0.1) is 11.3 Å². The molecular weight excluding hydrogens is 240 g/mol. The molecule has 1 aliphatic carbocycles. The Bertz CT molecular complexity index is 526. The van der Waals surface area contributed by atoms with Crippen LogP contribution in [0.15, 0.2) is 18.2 Å². The van der Waals surface area contributed by atoms with Gasteiger partial charge in [-0.2, -0.15) is 0 Å². The molecular formula is C12H11ClN2S. The second kappa shape index (κ2) is 3.75. The molecule has 0 saturated carbocycles. The number of anilines is 1. The predicted octanol–water partition coefficient (Wildman–Crippen LogP) is 3.53. The maximum Gasteiger partial charge on any atom is 0.125 e. The van der Waals surface area contributed by atoms with Gasteiger partial charge in [-0.25, -0.2) is 4.98 Å². The molecule has 1 aromatic carbocycles. The van der Waals surface area contributed by atoms with Crippen molar-refractivity contribution in [1.29, 1.82) is 0 Å². The number of rotatable bonds is 1. The molecule has 0 atom stereocenters. The Morgan fingerprint density at radius 1 is 1.31 bits per heavy atom. The Morgan fingerprint density at radius 3 is 3.00 bits per heavy atom. The average molecular weight is 251 g/mol. The first-order valence-corrected chi connectivity index (χ1v) is 6.47. The van der Waals surface area contributed by atoms with Gasteiger partial charge in [-0.1, -0.05) is 11.6 Å². The van der Waals surface area contributed by atoms with E-state index in [1.165, 1.54) is 17.0 Å². The van der Waals surface area contributed by atoms with Gasteiger partial charge >= 0.3 is 0 Å². The standard InChI is InChI=1S/C12H11ClN2S/c13-9-5-4-7(14)6-8(9)12-15-10-2-1-3-11(10)16-12/h4-6H,1-3,14H2. The van der Waals surface area contributed by atoms with Gasteiger partial charge in [0.1, 0.15) is 5.01 Å². The number of nitrogens with zero attached hydrogens (tertiary/aromatic N) is 1. The van der Waals surface area contributed by atoms with Crippen molar-refractivity contribution in [1.82, 2.24) is 4.98 Å². The van der Waals surface area contributed by atoms with E-state index in [0.29, 0.717) is 0 Å². The number of aryl methyl sites for hydroxylation is 2. The lowest BCUT2D eigenvalue weighted by Crippen LogP contribution is -1.87. The highest BCUT2D eigenvalue weighted by molar-refractivity contribution is 7.15. The Labute approximate surface area is 103 Å². The largest absolute Gasteiger partial charge is 0.399 e. The van der Waals surface area contributed by atoms with E-state index in [0.717, 1.165) is 34.1 Å². The van der Waals surface area contributed by atoms with Crippen LogP contribution in [-0.4, -0.2) is 4.98 Å². The van der Waals surface area contributed by atoms with E-state index in [-0.39, 0.29) is 0 Å². The molecule has 0 spiro atoms. The number of thiazole rings is 1. The number of hydrogen-bond acceptors (Lipinski definition) is 3. The summed E-state index contributed by atoms with van der Waals surface area (Å²) < 4.78 is 0. The molecule has 16 heavy (non-hydrogen) atoms. The molecule has 0 bridgehead atoms. The number of fused-ring (bicyclic) bond motifs is 1. The van der Waals surface area contributed by atoms with Gasteiger partial charge in [0, 0.05) is 16.1 Å². The molecule has 2 N–H and O–H groups in total. The second-order valence-electron chi connectivity index (χ2n) is 3.98. The Balaban J connectivity index is 2.11. The Morgan fingerprint density at radius 2 is 2.19 bits per heavy atom. The molecule has 0 fully saturated rings. The van der Waals surface area contributed by atoms with Crippen LogP contribution in [0.4, 0.5) is 5.69 Å². The van der Waals surface area contributed by atoms with Crippen LogP contribution >= 0.6 is 22.9 Å². The molecule has 0 amide bonds. The van der Waals surface area contributed by atoms with Crippen LogP contribution in [0.25, 0.3) is 10.6 Å². The van der Waals surface area contributed by atoms with Crippen molar-refractivity contribution in [2.45, 2.75) is 19.3 Å². The number of aromatic nitrogens is 1. The van der Waals surface area contributed by atoms with Crippen LogP contribution < -0.4 is 5.73 Å². The topological polar surface area (TPSA) is 38.9 Å². The molecule has 4 heteroatoms. The molecule has 0 saturated heterocycles. The SMILES string of the molecule is Nc1ccc(Cl)c(-c2nc3c(s2)CCC3)c1. The number of nitrogens with two attached hydrogens (primary N) is 1. The lowest BCUT2D eigenvalue weighted by molar-refractivity contribution is 0.900. The summed E-state index contributed by atoms with van der Waals surface area (Å²) in [6.45, 7) is 0. The molecule has 2 aromatic rings. The average Bonchev–Trinajstić information content (AvgIpc) is 2.81. The summed E-state index contributed by atoms with van der Waals surface area (Å²) in [7, 11) is 0. The van der Waals surface area contributed by atoms with E-state index in [9.17, 15) is 0 Å². The second-order valence-corrected chi connectivity index (χ2v) is 5.47. The molecule has 82 valence electrons. The van der Waals surface area contributed by atoms with Crippen molar-refractivity contribution in [2.75, 3.05) is 5.73 Å². The highest BCUT2D eigenvalue weighted by Gasteiger charge is 2.18. The van der Waals surface area contributed by atoms with E-state index in [4.69, 9.17) is 17.3 Å². The zero-order valence-corrected chi connectivity index (χ0v) is 10.2. The summed E-state index contributed by atoms with van der Waals surface area (Å²) in [5.74, 6) is 0. The fraction of sp³-hybridized carbons (Fsp3) is 0.250. The van der Waals surface area contributed by atoms with E-state index in [1.807, 2.05) is 18.2 Å². The van der Waals surface area contributed by atoms with Crippen LogP contribution in [0.1, 0.15) is 17.0 Å². The van der Waals surface area contributed by atoms with E-state index in [1.54, 1.807) is 11.3 Å². The minimum atomic E-state index is 0.724. The maximum atomic E-state index is 6.16. The van der Waals surface area contributed by atoms with E-state index in [2.05, 4.69) is 4.98 Å². The number of nitrogen functional groups attached to an aromatic ring is 1. The van der Waals surface area contributed by atoms with Crippen LogP contribution in [0.3, 0.4) is 0 Å². The third kappa shape index (κ3) is 1.60. The lowest BCUT2D eigenvalue weighted by atomic mass is 10.2. The van der Waals surface area contributed by atoms with E-state index >= 15 is 0 Å². The van der Waals surface area contributed by atoms with Crippen LogP contribution in [0.2, 0.25) is 5.02 Å². The van der Waals surface area contributed by atoms with E-state index < -0.39 is 0 Å². The number of halogens is 1. The summed E-state index contributed by atoms with van der Waals surface area (Å²) in [4.78, 5) is 6.05. The van der Waals surface area contributed by atoms with Gasteiger partial charge in [0.25, 0.3) is 0 Å². The third-order valence-electron chi connectivity index (χ3n) is 2.82. The normalized spacial score (nSPS) is 14.1. The minimum absolute atomic E-state index is 0.724. The highest BCUT2D eigenvalue weighted by atomic mass is 35.5. The van der Waals surface area contributed by atoms with Crippen molar-refractivity contribution in [3.63, 3.8) is 0 Å². The molecule has 1 heterocycles. The zero-order chi connectivity index (χ0) is 11.1. The van der Waals surface area contributed by atoms with Gasteiger partial charge in [-0.3, -0.25) is 0 Å². The monoisotopic (exact) mass is 250 g/mol. The first kappa shape index (κ1) is 10.1. The quantitative estimate of drug-likeness (QED) is 0.787. The molecule has 0 unspecified atom stereocenters. The molecule has 0 radical (unpaired) electrons. The van der Waals surface area contributed by atoms with Gasteiger partial charge in [0.2, 0.25) is 0 Å². The molecule has 0 aliphatic heterocycles. The van der Waals surface area contributed by atoms with Crippen molar-refractivity contribution >= 4 is 28.6 Å². The number of benzene rings is 1.